The number of ether oxygens (including phenoxy) is 2. The minimum atomic E-state index is 0.00560. The Hall–Kier alpha value is -2.96. The summed E-state index contributed by atoms with van der Waals surface area (Å²) < 4.78 is 10.6. The number of nitrogens with zero attached hydrogens (tertiary/aromatic N) is 2. The van der Waals surface area contributed by atoms with Crippen molar-refractivity contribution < 1.29 is 14.6 Å². The van der Waals surface area contributed by atoms with Crippen molar-refractivity contribution in [2.45, 2.75) is 13.5 Å². The molecule has 0 bridgehead atoms. The van der Waals surface area contributed by atoms with Crippen molar-refractivity contribution in [3.05, 3.63) is 82.2 Å². The zero-order chi connectivity index (χ0) is 19.5. The van der Waals surface area contributed by atoms with Crippen LogP contribution in [0.25, 0.3) is 16.1 Å². The Balaban J connectivity index is 2.10. The standard InChI is InChI=1S/C22H22N2O3/c1-17-3-7-19(8-4-17)21(15-23)22(24-2)20-9-5-18(6-10-20)16-27-14-13-26-12-11-25/h3-10,25H,11-14,16H2,1H3/b22-21-. The van der Waals surface area contributed by atoms with Crippen molar-refractivity contribution in [3.63, 3.8) is 0 Å². The Morgan fingerprint density at radius 1 is 1.00 bits per heavy atom. The highest BCUT2D eigenvalue weighted by Gasteiger charge is 2.12. The molecule has 138 valence electrons. The van der Waals surface area contributed by atoms with Gasteiger partial charge in [-0.3, -0.25) is 0 Å². The summed E-state index contributed by atoms with van der Waals surface area (Å²) in [6.45, 7) is 11.1. The molecule has 5 nitrogen and oxygen atoms in total. The minimum absolute atomic E-state index is 0.00560. The van der Waals surface area contributed by atoms with E-state index < -0.39 is 0 Å². The molecule has 0 aliphatic heterocycles. The third-order valence-corrected chi connectivity index (χ3v) is 3.90. The van der Waals surface area contributed by atoms with E-state index in [0.717, 1.165) is 16.7 Å². The van der Waals surface area contributed by atoms with Crippen LogP contribution in [0.2, 0.25) is 0 Å². The highest BCUT2D eigenvalue weighted by Crippen LogP contribution is 2.27. The second kappa shape index (κ2) is 10.9. The molecule has 0 atom stereocenters. The largest absolute Gasteiger partial charge is 0.394 e. The van der Waals surface area contributed by atoms with Crippen LogP contribution in [0.5, 0.6) is 0 Å². The molecule has 0 saturated heterocycles. The maximum Gasteiger partial charge on any atom is 0.212 e. The smallest absolute Gasteiger partial charge is 0.212 e. The molecule has 0 fully saturated rings. The lowest BCUT2D eigenvalue weighted by atomic mass is 9.99. The monoisotopic (exact) mass is 362 g/mol. The molecule has 0 saturated carbocycles. The van der Waals surface area contributed by atoms with Gasteiger partial charge in [0, 0.05) is 0 Å². The summed E-state index contributed by atoms with van der Waals surface area (Å²) in [5, 5.41) is 18.2. The van der Waals surface area contributed by atoms with Gasteiger partial charge in [-0.2, -0.15) is 5.26 Å². The van der Waals surface area contributed by atoms with Crippen LogP contribution in [0.15, 0.2) is 48.5 Å². The molecule has 2 rings (SSSR count). The summed E-state index contributed by atoms with van der Waals surface area (Å²) in [4.78, 5) is 3.60. The lowest BCUT2D eigenvalue weighted by molar-refractivity contribution is 0.0274. The number of benzene rings is 2. The van der Waals surface area contributed by atoms with Gasteiger partial charge in [0.2, 0.25) is 5.70 Å². The van der Waals surface area contributed by atoms with E-state index in [1.54, 1.807) is 0 Å². The van der Waals surface area contributed by atoms with E-state index >= 15 is 0 Å². The number of hydrogen-bond donors (Lipinski definition) is 1. The zero-order valence-corrected chi connectivity index (χ0v) is 15.3. The molecule has 0 amide bonds. The van der Waals surface area contributed by atoms with Crippen molar-refractivity contribution >= 4 is 11.3 Å². The Morgan fingerprint density at radius 2 is 1.63 bits per heavy atom. The van der Waals surface area contributed by atoms with E-state index in [2.05, 4.69) is 10.9 Å². The first-order chi connectivity index (χ1) is 13.2. The first-order valence-corrected chi connectivity index (χ1v) is 8.64. The maximum atomic E-state index is 9.57. The molecule has 27 heavy (non-hydrogen) atoms. The van der Waals surface area contributed by atoms with Gasteiger partial charge in [-0.05, 0) is 23.6 Å². The molecule has 0 spiro atoms. The number of aliphatic hydroxyl groups excluding tert-OH is 1. The van der Waals surface area contributed by atoms with E-state index in [1.165, 1.54) is 0 Å². The molecule has 2 aromatic rings. The van der Waals surface area contributed by atoms with Crippen molar-refractivity contribution in [2.75, 3.05) is 26.4 Å². The summed E-state index contributed by atoms with van der Waals surface area (Å²) in [7, 11) is 0. The fourth-order valence-corrected chi connectivity index (χ4v) is 2.47. The molecular weight excluding hydrogens is 340 g/mol. The summed E-state index contributed by atoms with van der Waals surface area (Å²) in [6, 6.07) is 17.2. The lowest BCUT2D eigenvalue weighted by Gasteiger charge is -2.08. The van der Waals surface area contributed by atoms with Crippen LogP contribution in [-0.2, 0) is 16.1 Å². The molecule has 5 heteroatoms. The van der Waals surface area contributed by atoms with E-state index in [-0.39, 0.29) is 6.61 Å². The fourth-order valence-electron chi connectivity index (χ4n) is 2.47. The van der Waals surface area contributed by atoms with Crippen molar-refractivity contribution in [1.82, 2.24) is 0 Å². The maximum absolute atomic E-state index is 9.57. The molecule has 0 aromatic heterocycles. The molecule has 0 aliphatic rings. The number of aliphatic hydroxyl groups is 1. The van der Waals surface area contributed by atoms with Crippen LogP contribution in [0.1, 0.15) is 22.3 Å². The first-order valence-electron chi connectivity index (χ1n) is 8.64. The van der Waals surface area contributed by atoms with Crippen molar-refractivity contribution in [1.29, 1.82) is 5.26 Å². The topological polar surface area (TPSA) is 66.8 Å². The minimum Gasteiger partial charge on any atom is -0.394 e. The van der Waals surface area contributed by atoms with Gasteiger partial charge in [0.25, 0.3) is 0 Å². The SMILES string of the molecule is [C-]#[N+]/C(=C(/C#N)c1ccc(C)cc1)c1ccc(COCCOCCO)cc1. The van der Waals surface area contributed by atoms with Crippen LogP contribution < -0.4 is 0 Å². The Labute approximate surface area is 159 Å². The Morgan fingerprint density at radius 3 is 2.22 bits per heavy atom. The van der Waals surface area contributed by atoms with E-state index in [9.17, 15) is 5.26 Å². The molecule has 0 radical (unpaired) electrons. The molecule has 0 heterocycles. The molecular formula is C22H22N2O3. The molecule has 1 N–H and O–H groups in total. The lowest BCUT2D eigenvalue weighted by Crippen LogP contribution is -2.07. The Kier molecular flexibility index (Phi) is 8.22. The van der Waals surface area contributed by atoms with Gasteiger partial charge in [-0.25, -0.2) is 4.85 Å². The summed E-state index contributed by atoms with van der Waals surface area (Å²) in [5.41, 5.74) is 4.23. The van der Waals surface area contributed by atoms with Gasteiger partial charge in [-0.1, -0.05) is 54.1 Å². The van der Waals surface area contributed by atoms with Gasteiger partial charge in [-0.15, -0.1) is 0 Å². The molecule has 0 aliphatic carbocycles. The predicted molar refractivity (Wildman–Crippen MR) is 104 cm³/mol. The zero-order valence-electron chi connectivity index (χ0n) is 15.3. The number of rotatable bonds is 9. The average molecular weight is 362 g/mol. The highest BCUT2D eigenvalue weighted by atomic mass is 16.5. The third-order valence-electron chi connectivity index (χ3n) is 3.90. The van der Waals surface area contributed by atoms with Crippen molar-refractivity contribution in [2.24, 2.45) is 0 Å². The van der Waals surface area contributed by atoms with Crippen LogP contribution in [0.3, 0.4) is 0 Å². The highest BCUT2D eigenvalue weighted by molar-refractivity contribution is 5.99. The second-order valence-electron chi connectivity index (χ2n) is 5.90. The molecule has 0 unspecified atom stereocenters. The van der Waals surface area contributed by atoms with Crippen molar-refractivity contribution in [3.8, 4) is 6.07 Å². The first kappa shape index (κ1) is 20.4. The summed E-state index contributed by atoms with van der Waals surface area (Å²) in [5.74, 6) is 0. The third kappa shape index (κ3) is 6.06. The van der Waals surface area contributed by atoms with Gasteiger partial charge >= 0.3 is 0 Å². The van der Waals surface area contributed by atoms with Gasteiger partial charge < -0.3 is 14.6 Å². The number of allylic oxidation sites excluding steroid dienone is 1. The van der Waals surface area contributed by atoms with Gasteiger partial charge in [0.05, 0.1) is 51.2 Å². The fraction of sp³-hybridized carbons (Fsp3) is 0.273. The van der Waals surface area contributed by atoms with Crippen LogP contribution in [0, 0.1) is 24.8 Å². The van der Waals surface area contributed by atoms with Gasteiger partial charge in [0.15, 0.2) is 0 Å². The number of nitriles is 1. The van der Waals surface area contributed by atoms with E-state index in [0.29, 0.717) is 43.3 Å². The number of hydrogen-bond acceptors (Lipinski definition) is 4. The second-order valence-corrected chi connectivity index (χ2v) is 5.90. The summed E-state index contributed by atoms with van der Waals surface area (Å²) in [6.07, 6.45) is 0. The van der Waals surface area contributed by atoms with Crippen LogP contribution in [0.4, 0.5) is 0 Å². The predicted octanol–water partition coefficient (Wildman–Crippen LogP) is 3.83. The average Bonchev–Trinajstić information content (AvgIpc) is 2.70. The molecule has 2 aromatic carbocycles. The van der Waals surface area contributed by atoms with E-state index in [4.69, 9.17) is 21.2 Å². The normalized spacial score (nSPS) is 11.4. The van der Waals surface area contributed by atoms with Crippen LogP contribution >= 0.6 is 0 Å². The van der Waals surface area contributed by atoms with Crippen LogP contribution in [-0.4, -0.2) is 31.5 Å². The Bertz CT molecular complexity index is 841. The van der Waals surface area contributed by atoms with Gasteiger partial charge in [0.1, 0.15) is 0 Å². The summed E-state index contributed by atoms with van der Waals surface area (Å²) >= 11 is 0. The number of aryl methyl sites for hydroxylation is 1. The van der Waals surface area contributed by atoms with E-state index in [1.807, 2.05) is 55.5 Å². The quantitative estimate of drug-likeness (QED) is 0.319.